The highest BCUT2D eigenvalue weighted by Crippen LogP contribution is 2.40. The van der Waals surface area contributed by atoms with E-state index in [-0.39, 0.29) is 36.9 Å². The number of halogens is 1. The van der Waals surface area contributed by atoms with E-state index < -0.39 is 12.2 Å². The van der Waals surface area contributed by atoms with Gasteiger partial charge in [-0.3, -0.25) is 10.2 Å². The fourth-order valence-corrected chi connectivity index (χ4v) is 4.59. The third kappa shape index (κ3) is 4.26. The molecule has 10 nitrogen and oxygen atoms in total. The molecule has 2 aliphatic rings. The Morgan fingerprint density at radius 2 is 2.09 bits per heavy atom. The number of aromatic nitrogens is 2. The molecule has 3 heterocycles. The van der Waals surface area contributed by atoms with Crippen LogP contribution in [0.4, 0.5) is 21.1 Å². The summed E-state index contributed by atoms with van der Waals surface area (Å²) in [7, 11) is 0. The number of hydrogen-bond donors (Lipinski definition) is 2. The first kappa shape index (κ1) is 22.7. The van der Waals surface area contributed by atoms with E-state index in [9.17, 15) is 14.7 Å². The number of carbonyl (C=O) groups is 2. The smallest absolute Gasteiger partial charge is 0.413 e. The minimum atomic E-state index is -1.08. The number of fused-ring (bicyclic) bond motifs is 2. The molecule has 1 saturated carbocycles. The summed E-state index contributed by atoms with van der Waals surface area (Å²) in [4.78, 5) is 33.8. The molecule has 0 unspecified atom stereocenters. The van der Waals surface area contributed by atoms with Crippen LogP contribution in [0.3, 0.4) is 0 Å². The van der Waals surface area contributed by atoms with Crippen LogP contribution in [0.5, 0.6) is 5.88 Å². The summed E-state index contributed by atoms with van der Waals surface area (Å²) in [5.41, 5.74) is 2.53. The molecule has 5 rings (SSSR count). The molecular formula is C24H20ClN5O5. The van der Waals surface area contributed by atoms with Gasteiger partial charge in [-0.25, -0.2) is 19.6 Å². The summed E-state index contributed by atoms with van der Waals surface area (Å²) in [5.74, 6) is 0.494. The van der Waals surface area contributed by atoms with Crippen molar-refractivity contribution in [1.82, 2.24) is 9.97 Å². The van der Waals surface area contributed by atoms with Crippen molar-refractivity contribution in [2.75, 3.05) is 23.4 Å². The van der Waals surface area contributed by atoms with Crippen LogP contribution in [0.15, 0.2) is 30.6 Å². The molecule has 0 atom stereocenters. The number of carboxylic acid groups (broad SMARTS) is 1. The van der Waals surface area contributed by atoms with E-state index in [2.05, 4.69) is 21.4 Å². The number of pyridine rings is 2. The summed E-state index contributed by atoms with van der Waals surface area (Å²) in [6.07, 6.45) is 2.27. The van der Waals surface area contributed by atoms with Gasteiger partial charge in [0, 0.05) is 36.2 Å². The largest absolute Gasteiger partial charge is 0.474 e. The van der Waals surface area contributed by atoms with Crippen LogP contribution in [-0.4, -0.2) is 46.5 Å². The van der Waals surface area contributed by atoms with Gasteiger partial charge in [-0.05, 0) is 41.6 Å². The maximum Gasteiger partial charge on any atom is 0.413 e. The van der Waals surface area contributed by atoms with Crippen LogP contribution < -0.4 is 15.0 Å². The summed E-state index contributed by atoms with van der Waals surface area (Å²) < 4.78 is 10.9. The van der Waals surface area contributed by atoms with Crippen molar-refractivity contribution in [3.63, 3.8) is 0 Å². The first-order chi connectivity index (χ1) is 16.8. The lowest BCUT2D eigenvalue weighted by Crippen LogP contribution is -2.37. The maximum absolute atomic E-state index is 12.2. The molecule has 11 heteroatoms. The van der Waals surface area contributed by atoms with Crippen LogP contribution >= 0.6 is 11.6 Å². The van der Waals surface area contributed by atoms with Gasteiger partial charge in [-0.2, -0.15) is 5.26 Å². The van der Waals surface area contributed by atoms with Gasteiger partial charge >= 0.3 is 12.2 Å². The van der Waals surface area contributed by atoms with Gasteiger partial charge in [-0.1, -0.05) is 11.6 Å². The van der Waals surface area contributed by atoms with Crippen molar-refractivity contribution in [2.24, 2.45) is 5.92 Å². The van der Waals surface area contributed by atoms with Gasteiger partial charge in [0.15, 0.2) is 0 Å². The van der Waals surface area contributed by atoms with E-state index in [1.807, 2.05) is 13.0 Å². The van der Waals surface area contributed by atoms with E-state index in [0.717, 1.165) is 10.9 Å². The first-order valence-corrected chi connectivity index (χ1v) is 11.3. The standard InChI is InChI=1S/C24H20ClN5O5/c1-12-17(10-28-22-21(12)30(24(32)33)2-3-34-22)14-6-15-8-20(27-11-18(15)19(25)7-14)29-23(31)35-16-4-13(5-16)9-26/h6-8,10-11,13,16H,2-5H2,1H3,(H,32,33)(H,27,29,31). The first-order valence-electron chi connectivity index (χ1n) is 10.9. The Morgan fingerprint density at radius 1 is 1.29 bits per heavy atom. The normalized spacial score (nSPS) is 18.6. The number of nitriles is 1. The lowest BCUT2D eigenvalue weighted by molar-refractivity contribution is 0.0418. The molecule has 2 amide bonds. The van der Waals surface area contributed by atoms with E-state index in [1.165, 1.54) is 4.90 Å². The van der Waals surface area contributed by atoms with Crippen LogP contribution in [-0.2, 0) is 4.74 Å². The Morgan fingerprint density at radius 3 is 2.83 bits per heavy atom. The van der Waals surface area contributed by atoms with Crippen molar-refractivity contribution in [3.05, 3.63) is 41.2 Å². The van der Waals surface area contributed by atoms with Crippen molar-refractivity contribution < 1.29 is 24.2 Å². The molecule has 2 N–H and O–H groups in total. The van der Waals surface area contributed by atoms with E-state index in [4.69, 9.17) is 26.3 Å². The van der Waals surface area contributed by atoms with E-state index in [1.54, 1.807) is 24.5 Å². The van der Waals surface area contributed by atoms with Crippen LogP contribution in [0, 0.1) is 24.2 Å². The molecule has 1 aromatic carbocycles. The highest BCUT2D eigenvalue weighted by atomic mass is 35.5. The average molecular weight is 494 g/mol. The number of amides is 2. The zero-order chi connectivity index (χ0) is 24.7. The Hall–Kier alpha value is -4.10. The number of carbonyl (C=O) groups excluding carboxylic acids is 1. The monoisotopic (exact) mass is 493 g/mol. The minimum Gasteiger partial charge on any atom is -0.474 e. The lowest BCUT2D eigenvalue weighted by Gasteiger charge is -2.29. The van der Waals surface area contributed by atoms with Gasteiger partial charge in [0.25, 0.3) is 0 Å². The van der Waals surface area contributed by atoms with E-state index >= 15 is 0 Å². The van der Waals surface area contributed by atoms with Crippen LogP contribution in [0.2, 0.25) is 5.02 Å². The van der Waals surface area contributed by atoms with Gasteiger partial charge in [0.05, 0.1) is 23.6 Å². The van der Waals surface area contributed by atoms with Crippen LogP contribution in [0.25, 0.3) is 21.9 Å². The molecule has 35 heavy (non-hydrogen) atoms. The second-order valence-corrected chi connectivity index (χ2v) is 8.84. The number of hydrogen-bond acceptors (Lipinski definition) is 7. The van der Waals surface area contributed by atoms with Crippen molar-refractivity contribution in [1.29, 1.82) is 5.26 Å². The summed E-state index contributed by atoms with van der Waals surface area (Å²) in [6, 6.07) is 7.46. The number of ether oxygens (including phenoxy) is 2. The number of benzene rings is 1. The zero-order valence-corrected chi connectivity index (χ0v) is 19.4. The van der Waals surface area contributed by atoms with Gasteiger partial charge in [-0.15, -0.1) is 0 Å². The van der Waals surface area contributed by atoms with Gasteiger partial charge in [0.2, 0.25) is 5.88 Å². The maximum atomic E-state index is 12.2. The number of nitrogens with zero attached hydrogens (tertiary/aromatic N) is 4. The molecule has 1 aliphatic carbocycles. The van der Waals surface area contributed by atoms with Crippen LogP contribution in [0.1, 0.15) is 18.4 Å². The van der Waals surface area contributed by atoms with E-state index in [0.29, 0.717) is 40.1 Å². The van der Waals surface area contributed by atoms with Gasteiger partial charge in [0.1, 0.15) is 24.2 Å². The number of anilines is 2. The van der Waals surface area contributed by atoms with Crippen molar-refractivity contribution in [2.45, 2.75) is 25.9 Å². The summed E-state index contributed by atoms with van der Waals surface area (Å²) >= 11 is 6.54. The Bertz CT molecular complexity index is 1400. The SMILES string of the molecule is Cc1c(-c2cc(Cl)c3cnc(NC(=O)OC4CC(C#N)C4)cc3c2)cnc2c1N(C(=O)O)CCO2. The third-order valence-corrected chi connectivity index (χ3v) is 6.52. The molecule has 1 fully saturated rings. The minimum absolute atomic E-state index is 0.0668. The molecule has 3 aromatic rings. The molecule has 0 spiro atoms. The second kappa shape index (κ2) is 8.92. The quantitative estimate of drug-likeness (QED) is 0.520. The molecule has 1 aliphatic heterocycles. The topological polar surface area (TPSA) is 138 Å². The highest BCUT2D eigenvalue weighted by molar-refractivity contribution is 6.36. The highest BCUT2D eigenvalue weighted by Gasteiger charge is 2.32. The summed E-state index contributed by atoms with van der Waals surface area (Å²) in [5, 5.41) is 22.9. The fourth-order valence-electron chi connectivity index (χ4n) is 4.31. The predicted molar refractivity (Wildman–Crippen MR) is 128 cm³/mol. The molecule has 0 bridgehead atoms. The molecular weight excluding hydrogens is 474 g/mol. The van der Waals surface area contributed by atoms with Crippen molar-refractivity contribution in [3.8, 4) is 23.1 Å². The third-order valence-electron chi connectivity index (χ3n) is 6.21. The average Bonchev–Trinajstić information content (AvgIpc) is 2.80. The Balaban J connectivity index is 1.45. The number of nitrogens with one attached hydrogen (secondary N) is 1. The Labute approximate surface area is 205 Å². The van der Waals surface area contributed by atoms with Gasteiger partial charge < -0.3 is 14.6 Å². The molecule has 2 aromatic heterocycles. The fraction of sp³-hybridized carbons (Fsp3) is 0.292. The predicted octanol–water partition coefficient (Wildman–Crippen LogP) is 4.99. The number of rotatable bonds is 3. The molecule has 0 saturated heterocycles. The zero-order valence-electron chi connectivity index (χ0n) is 18.6. The summed E-state index contributed by atoms with van der Waals surface area (Å²) in [6.45, 7) is 2.25. The molecule has 0 radical (unpaired) electrons. The lowest BCUT2D eigenvalue weighted by atomic mass is 9.84. The Kier molecular flexibility index (Phi) is 5.78. The second-order valence-electron chi connectivity index (χ2n) is 8.43. The molecule has 178 valence electrons. The van der Waals surface area contributed by atoms with Crippen molar-refractivity contribution >= 4 is 46.1 Å².